The largest absolute Gasteiger partial charge is 0.398 e. The van der Waals surface area contributed by atoms with E-state index in [9.17, 15) is 8.42 Å². The maximum Gasteiger partial charge on any atom is 0.267 e. The molecule has 0 aliphatic rings. The van der Waals surface area contributed by atoms with Crippen molar-refractivity contribution in [2.75, 3.05) is 10.5 Å². The molecule has 10 heteroatoms. The summed E-state index contributed by atoms with van der Waals surface area (Å²) in [7, 11) is -3.92. The summed E-state index contributed by atoms with van der Waals surface area (Å²) in [5.41, 5.74) is 6.97. The minimum atomic E-state index is -3.92. The predicted octanol–water partition coefficient (Wildman–Crippen LogP) is 2.23. The fourth-order valence-corrected chi connectivity index (χ4v) is 3.93. The first-order valence-electron chi connectivity index (χ1n) is 4.43. The van der Waals surface area contributed by atoms with E-state index in [2.05, 4.69) is 14.9 Å². The number of nitrogens with two attached hydrogens (primary N) is 1. The first kappa shape index (κ1) is 13.3. The number of rotatable bonds is 3. The molecule has 0 unspecified atom stereocenters. The lowest BCUT2D eigenvalue weighted by atomic mass is 10.3. The summed E-state index contributed by atoms with van der Waals surface area (Å²) in [6.45, 7) is 0. The summed E-state index contributed by atoms with van der Waals surface area (Å²) < 4.78 is 26.4. The Labute approximate surface area is 117 Å². The minimum absolute atomic E-state index is 0.0375. The van der Waals surface area contributed by atoms with E-state index < -0.39 is 10.0 Å². The topological polar surface area (TPSA) is 98.0 Å². The molecule has 0 bridgehead atoms. The van der Waals surface area contributed by atoms with Gasteiger partial charge in [-0.05, 0) is 12.1 Å². The standard InChI is InChI=1S/C8H6Cl2N4O2S2/c9-4-1-5(10)7(6(11)2-4)18(15,16)14-8-13-12-3-17-8/h1-3H,11H2,(H,13,14). The smallest absolute Gasteiger partial charge is 0.267 e. The predicted molar refractivity (Wildman–Crippen MR) is 71.6 cm³/mol. The molecule has 0 saturated heterocycles. The number of nitrogens with one attached hydrogen (secondary N) is 1. The zero-order chi connectivity index (χ0) is 13.3. The quantitative estimate of drug-likeness (QED) is 0.843. The van der Waals surface area contributed by atoms with Crippen molar-refractivity contribution in [1.82, 2.24) is 10.2 Å². The molecular weight excluding hydrogens is 319 g/mol. The number of sulfonamides is 1. The van der Waals surface area contributed by atoms with Crippen LogP contribution in [0, 0.1) is 0 Å². The van der Waals surface area contributed by atoms with Crippen molar-refractivity contribution >= 4 is 55.4 Å². The Hall–Kier alpha value is -1.09. The van der Waals surface area contributed by atoms with Gasteiger partial charge in [0.05, 0.1) is 10.7 Å². The summed E-state index contributed by atoms with van der Waals surface area (Å²) in [6, 6.07) is 2.61. The maximum atomic E-state index is 12.1. The zero-order valence-electron chi connectivity index (χ0n) is 8.59. The summed E-state index contributed by atoms with van der Waals surface area (Å²) in [4.78, 5) is -0.233. The molecule has 0 atom stereocenters. The second kappa shape index (κ2) is 4.88. The highest BCUT2D eigenvalue weighted by atomic mass is 35.5. The molecule has 0 radical (unpaired) electrons. The van der Waals surface area contributed by atoms with E-state index in [-0.39, 0.29) is 25.8 Å². The van der Waals surface area contributed by atoms with E-state index in [1.54, 1.807) is 0 Å². The maximum absolute atomic E-state index is 12.1. The fraction of sp³-hybridized carbons (Fsp3) is 0. The van der Waals surface area contributed by atoms with Gasteiger partial charge in [0.15, 0.2) is 0 Å². The molecule has 6 nitrogen and oxygen atoms in total. The molecule has 0 fully saturated rings. The highest BCUT2D eigenvalue weighted by Crippen LogP contribution is 2.32. The van der Waals surface area contributed by atoms with Gasteiger partial charge < -0.3 is 5.73 Å². The summed E-state index contributed by atoms with van der Waals surface area (Å²) in [5.74, 6) is 0. The van der Waals surface area contributed by atoms with Crippen molar-refractivity contribution in [2.24, 2.45) is 0 Å². The lowest BCUT2D eigenvalue weighted by Gasteiger charge is -2.09. The molecule has 3 N–H and O–H groups in total. The van der Waals surface area contributed by atoms with Crippen LogP contribution < -0.4 is 10.5 Å². The molecule has 0 saturated carbocycles. The van der Waals surface area contributed by atoms with Crippen LogP contribution in [-0.2, 0) is 10.0 Å². The number of nitrogen functional groups attached to an aromatic ring is 1. The fourth-order valence-electron chi connectivity index (χ4n) is 1.25. The zero-order valence-corrected chi connectivity index (χ0v) is 11.7. The minimum Gasteiger partial charge on any atom is -0.398 e. The molecule has 96 valence electrons. The van der Waals surface area contributed by atoms with Crippen molar-refractivity contribution in [3.8, 4) is 0 Å². The molecule has 2 aromatic rings. The Morgan fingerprint density at radius 2 is 2.06 bits per heavy atom. The molecule has 2 rings (SSSR count). The van der Waals surface area contributed by atoms with Crippen molar-refractivity contribution in [3.05, 3.63) is 27.7 Å². The summed E-state index contributed by atoms with van der Waals surface area (Å²) in [5, 5.41) is 7.41. The van der Waals surface area contributed by atoms with E-state index in [0.717, 1.165) is 11.3 Å². The Balaban J connectivity index is 2.48. The van der Waals surface area contributed by atoms with Crippen LogP contribution in [0.5, 0.6) is 0 Å². The van der Waals surface area contributed by atoms with Crippen molar-refractivity contribution in [1.29, 1.82) is 0 Å². The molecule has 1 heterocycles. The molecule has 1 aromatic carbocycles. The van der Waals surface area contributed by atoms with Gasteiger partial charge in [0, 0.05) is 5.02 Å². The number of aromatic nitrogens is 2. The van der Waals surface area contributed by atoms with Crippen molar-refractivity contribution in [3.63, 3.8) is 0 Å². The van der Waals surface area contributed by atoms with E-state index in [0.29, 0.717) is 0 Å². The van der Waals surface area contributed by atoms with E-state index >= 15 is 0 Å². The van der Waals surface area contributed by atoms with Crippen LogP contribution >= 0.6 is 34.5 Å². The average molecular weight is 325 g/mol. The van der Waals surface area contributed by atoms with Gasteiger partial charge in [0.2, 0.25) is 5.13 Å². The van der Waals surface area contributed by atoms with E-state index in [1.807, 2.05) is 0 Å². The number of hydrogen-bond acceptors (Lipinski definition) is 6. The van der Waals surface area contributed by atoms with Gasteiger partial charge in [-0.15, -0.1) is 10.2 Å². The third-order valence-electron chi connectivity index (χ3n) is 1.89. The molecule has 1 aromatic heterocycles. The van der Waals surface area contributed by atoms with Gasteiger partial charge >= 0.3 is 0 Å². The Morgan fingerprint density at radius 1 is 1.33 bits per heavy atom. The van der Waals surface area contributed by atoms with Crippen LogP contribution in [0.2, 0.25) is 10.0 Å². The van der Waals surface area contributed by atoms with Gasteiger partial charge in [0.1, 0.15) is 10.4 Å². The summed E-state index contributed by atoms with van der Waals surface area (Å²) in [6.07, 6.45) is 0. The molecular formula is C8H6Cl2N4O2S2. The third kappa shape index (κ3) is 2.66. The molecule has 0 spiro atoms. The average Bonchev–Trinajstić information content (AvgIpc) is 2.66. The van der Waals surface area contributed by atoms with Crippen molar-refractivity contribution in [2.45, 2.75) is 4.90 Å². The Kier molecular flexibility index (Phi) is 3.62. The van der Waals surface area contributed by atoms with Crippen LogP contribution in [0.15, 0.2) is 22.5 Å². The van der Waals surface area contributed by atoms with Crippen LogP contribution in [0.4, 0.5) is 10.8 Å². The Morgan fingerprint density at radius 3 is 2.61 bits per heavy atom. The Bertz CT molecular complexity index is 649. The SMILES string of the molecule is Nc1cc(Cl)cc(Cl)c1S(=O)(=O)Nc1nncs1. The number of halogens is 2. The van der Waals surface area contributed by atoms with Crippen LogP contribution in [0.25, 0.3) is 0 Å². The van der Waals surface area contributed by atoms with Crippen LogP contribution in [-0.4, -0.2) is 18.6 Å². The normalized spacial score (nSPS) is 11.4. The first-order chi connectivity index (χ1) is 8.40. The highest BCUT2D eigenvalue weighted by molar-refractivity contribution is 7.93. The van der Waals surface area contributed by atoms with Crippen LogP contribution in [0.3, 0.4) is 0 Å². The van der Waals surface area contributed by atoms with Gasteiger partial charge in [-0.3, -0.25) is 4.72 Å². The van der Waals surface area contributed by atoms with Gasteiger partial charge in [-0.25, -0.2) is 8.42 Å². The highest BCUT2D eigenvalue weighted by Gasteiger charge is 2.23. The lowest BCUT2D eigenvalue weighted by Crippen LogP contribution is -2.15. The third-order valence-corrected chi connectivity index (χ3v) is 4.71. The first-order valence-corrected chi connectivity index (χ1v) is 7.55. The monoisotopic (exact) mass is 324 g/mol. The number of anilines is 2. The van der Waals surface area contributed by atoms with Gasteiger partial charge in [-0.2, -0.15) is 0 Å². The molecule has 0 aliphatic carbocycles. The number of hydrogen-bond donors (Lipinski definition) is 2. The van der Waals surface area contributed by atoms with Crippen molar-refractivity contribution < 1.29 is 8.42 Å². The molecule has 18 heavy (non-hydrogen) atoms. The second-order valence-electron chi connectivity index (χ2n) is 3.16. The summed E-state index contributed by atoms with van der Waals surface area (Å²) >= 11 is 12.6. The van der Waals surface area contributed by atoms with E-state index in [4.69, 9.17) is 28.9 Å². The lowest BCUT2D eigenvalue weighted by molar-refractivity contribution is 0.601. The van der Waals surface area contributed by atoms with Gasteiger partial charge in [0.25, 0.3) is 10.0 Å². The molecule has 0 amide bonds. The number of benzene rings is 1. The van der Waals surface area contributed by atoms with Crippen LogP contribution in [0.1, 0.15) is 0 Å². The molecule has 0 aliphatic heterocycles. The number of nitrogens with zero attached hydrogens (tertiary/aromatic N) is 2. The second-order valence-corrected chi connectivity index (χ2v) is 6.45. The van der Waals surface area contributed by atoms with E-state index in [1.165, 1.54) is 17.6 Å². The van der Waals surface area contributed by atoms with Gasteiger partial charge in [-0.1, -0.05) is 34.5 Å².